The monoisotopic (exact) mass is 438 g/mol. The summed E-state index contributed by atoms with van der Waals surface area (Å²) in [6.45, 7) is 2.92. The van der Waals surface area contributed by atoms with E-state index in [1.54, 1.807) is 32.3 Å². The number of ether oxygens (including phenoxy) is 1. The molecule has 0 bridgehead atoms. The first-order valence-electron chi connectivity index (χ1n) is 10.7. The number of nitrogens with zero attached hydrogens (tertiary/aromatic N) is 3. The first kappa shape index (κ1) is 19.4. The first-order chi connectivity index (χ1) is 16.2. The maximum atomic E-state index is 5.63. The van der Waals surface area contributed by atoms with Crippen LogP contribution in [0.3, 0.4) is 0 Å². The Morgan fingerprint density at radius 3 is 2.85 bits per heavy atom. The number of fused-ring (bicyclic) bond motifs is 2. The fourth-order valence-corrected chi connectivity index (χ4v) is 4.55. The number of methoxy groups -OCH3 is 1. The highest BCUT2D eigenvalue weighted by molar-refractivity contribution is 5.80. The van der Waals surface area contributed by atoms with Gasteiger partial charge >= 0.3 is 0 Å². The summed E-state index contributed by atoms with van der Waals surface area (Å²) >= 11 is 0. The standard InChI is InChI=1S/C25H22N6O2/c1-25(17-4-5-18-19(10-17)28-13-27-18)12-26-23-22(25)24(30-14-29-23)31-20-9-15(3-6-21(20)32-2)16-7-8-33-11-16/h3-11,13-14H,12H2,1-2H3,(H,27,28)(H2,26,29,30,31). The number of hydrogen-bond donors (Lipinski definition) is 3. The third-order valence-corrected chi connectivity index (χ3v) is 6.37. The number of aromatic nitrogens is 4. The molecule has 0 spiro atoms. The molecular formula is C25H22N6O2. The van der Waals surface area contributed by atoms with Crippen LogP contribution in [0.25, 0.3) is 22.2 Å². The van der Waals surface area contributed by atoms with Gasteiger partial charge in [0, 0.05) is 23.1 Å². The van der Waals surface area contributed by atoms with Crippen LogP contribution in [0.4, 0.5) is 17.3 Å². The van der Waals surface area contributed by atoms with Crippen LogP contribution in [0, 0.1) is 0 Å². The third-order valence-electron chi connectivity index (χ3n) is 6.37. The molecule has 0 fully saturated rings. The van der Waals surface area contributed by atoms with E-state index in [2.05, 4.69) is 49.6 Å². The lowest BCUT2D eigenvalue weighted by atomic mass is 9.78. The second-order valence-electron chi connectivity index (χ2n) is 8.32. The van der Waals surface area contributed by atoms with Crippen molar-refractivity contribution in [2.24, 2.45) is 0 Å². The third kappa shape index (κ3) is 3.10. The summed E-state index contributed by atoms with van der Waals surface area (Å²) in [4.78, 5) is 16.7. The van der Waals surface area contributed by atoms with Crippen LogP contribution >= 0.6 is 0 Å². The van der Waals surface area contributed by atoms with Gasteiger partial charge in [-0.2, -0.15) is 0 Å². The second-order valence-corrected chi connectivity index (χ2v) is 8.32. The predicted octanol–water partition coefficient (Wildman–Crippen LogP) is 5.10. The molecule has 1 atom stereocenters. The maximum Gasteiger partial charge on any atom is 0.142 e. The summed E-state index contributed by atoms with van der Waals surface area (Å²) in [6, 6.07) is 14.2. The van der Waals surface area contributed by atoms with Gasteiger partial charge < -0.3 is 24.8 Å². The van der Waals surface area contributed by atoms with Gasteiger partial charge in [0.2, 0.25) is 0 Å². The fraction of sp³-hybridized carbons (Fsp3) is 0.160. The Morgan fingerprint density at radius 1 is 1.06 bits per heavy atom. The number of anilines is 3. The average molecular weight is 438 g/mol. The second kappa shape index (κ2) is 7.37. The molecule has 0 saturated carbocycles. The fourth-order valence-electron chi connectivity index (χ4n) is 4.55. The van der Waals surface area contributed by atoms with Crippen LogP contribution in [-0.4, -0.2) is 33.6 Å². The molecule has 164 valence electrons. The summed E-state index contributed by atoms with van der Waals surface area (Å²) < 4.78 is 10.9. The Kier molecular flexibility index (Phi) is 4.33. The molecular weight excluding hydrogens is 416 g/mol. The zero-order valence-corrected chi connectivity index (χ0v) is 18.2. The topological polar surface area (TPSA) is 101 Å². The van der Waals surface area contributed by atoms with E-state index >= 15 is 0 Å². The minimum Gasteiger partial charge on any atom is -0.495 e. The van der Waals surface area contributed by atoms with Crippen molar-refractivity contribution in [3.63, 3.8) is 0 Å². The number of aromatic amines is 1. The molecule has 8 heteroatoms. The van der Waals surface area contributed by atoms with Crippen molar-refractivity contribution < 1.29 is 9.15 Å². The van der Waals surface area contributed by atoms with Gasteiger partial charge in [0.25, 0.3) is 0 Å². The minimum atomic E-state index is -0.340. The lowest BCUT2D eigenvalue weighted by molar-refractivity contribution is 0.417. The molecule has 8 nitrogen and oxygen atoms in total. The van der Waals surface area contributed by atoms with Gasteiger partial charge in [0.1, 0.15) is 23.7 Å². The lowest BCUT2D eigenvalue weighted by Gasteiger charge is -2.26. The molecule has 1 aliphatic rings. The number of imidazole rings is 1. The number of H-pyrrole nitrogens is 1. The molecule has 2 aromatic carbocycles. The molecule has 0 amide bonds. The number of nitrogens with one attached hydrogen (secondary N) is 3. The minimum absolute atomic E-state index is 0.340. The molecule has 0 saturated heterocycles. The Labute approximate surface area is 190 Å². The van der Waals surface area contributed by atoms with Crippen LogP contribution in [0.2, 0.25) is 0 Å². The van der Waals surface area contributed by atoms with E-state index in [-0.39, 0.29) is 5.41 Å². The number of furan rings is 1. The predicted molar refractivity (Wildman–Crippen MR) is 127 cm³/mol. The van der Waals surface area contributed by atoms with Gasteiger partial charge in [-0.05, 0) is 48.4 Å². The van der Waals surface area contributed by atoms with Gasteiger partial charge in [0.15, 0.2) is 0 Å². The Hall–Kier alpha value is -4.33. The van der Waals surface area contributed by atoms with Gasteiger partial charge in [-0.15, -0.1) is 0 Å². The van der Waals surface area contributed by atoms with Crippen molar-refractivity contribution in [1.82, 2.24) is 19.9 Å². The van der Waals surface area contributed by atoms with E-state index in [1.807, 2.05) is 30.3 Å². The molecule has 0 aliphatic carbocycles. The number of hydrogen-bond acceptors (Lipinski definition) is 7. The lowest BCUT2D eigenvalue weighted by Crippen LogP contribution is -2.27. The normalized spacial score (nSPS) is 17.0. The van der Waals surface area contributed by atoms with Crippen molar-refractivity contribution in [2.75, 3.05) is 24.3 Å². The quantitative estimate of drug-likeness (QED) is 0.351. The molecule has 1 unspecified atom stereocenters. The number of rotatable bonds is 5. The van der Waals surface area contributed by atoms with Gasteiger partial charge in [-0.25, -0.2) is 15.0 Å². The molecule has 6 rings (SSSR count). The van der Waals surface area contributed by atoms with E-state index in [0.29, 0.717) is 6.54 Å². The van der Waals surface area contributed by atoms with Crippen molar-refractivity contribution in [1.29, 1.82) is 0 Å². The smallest absolute Gasteiger partial charge is 0.142 e. The van der Waals surface area contributed by atoms with Gasteiger partial charge in [-0.1, -0.05) is 12.1 Å². The SMILES string of the molecule is COc1ccc(-c2ccoc2)cc1Nc1ncnc2c1C(C)(c1ccc3nc[nH]c3c1)CN2. The van der Waals surface area contributed by atoms with Crippen molar-refractivity contribution in [3.8, 4) is 16.9 Å². The van der Waals surface area contributed by atoms with Crippen LogP contribution in [0.5, 0.6) is 5.75 Å². The molecule has 3 aromatic heterocycles. The highest BCUT2D eigenvalue weighted by atomic mass is 16.5. The van der Waals surface area contributed by atoms with Crippen LogP contribution < -0.4 is 15.4 Å². The molecule has 0 radical (unpaired) electrons. The van der Waals surface area contributed by atoms with Crippen LogP contribution in [0.15, 0.2) is 72.1 Å². The zero-order valence-electron chi connectivity index (χ0n) is 18.2. The molecule has 5 aromatic rings. The largest absolute Gasteiger partial charge is 0.495 e. The Balaban J connectivity index is 1.45. The summed E-state index contributed by atoms with van der Waals surface area (Å²) in [6.07, 6.45) is 6.68. The van der Waals surface area contributed by atoms with Crippen molar-refractivity contribution >= 4 is 28.4 Å². The summed E-state index contributed by atoms with van der Waals surface area (Å²) in [5.41, 5.74) is 6.60. The highest BCUT2D eigenvalue weighted by Crippen LogP contribution is 2.45. The van der Waals surface area contributed by atoms with Crippen molar-refractivity contribution in [2.45, 2.75) is 12.3 Å². The Morgan fingerprint density at radius 2 is 2.00 bits per heavy atom. The molecule has 1 aliphatic heterocycles. The van der Waals surface area contributed by atoms with Gasteiger partial charge in [0.05, 0.1) is 42.7 Å². The highest BCUT2D eigenvalue weighted by Gasteiger charge is 2.40. The van der Waals surface area contributed by atoms with E-state index in [0.717, 1.165) is 56.4 Å². The van der Waals surface area contributed by atoms with E-state index in [9.17, 15) is 0 Å². The van der Waals surface area contributed by atoms with E-state index in [1.165, 1.54) is 0 Å². The van der Waals surface area contributed by atoms with E-state index in [4.69, 9.17) is 9.15 Å². The summed E-state index contributed by atoms with van der Waals surface area (Å²) in [5, 5.41) is 6.98. The van der Waals surface area contributed by atoms with E-state index < -0.39 is 0 Å². The molecule has 33 heavy (non-hydrogen) atoms. The summed E-state index contributed by atoms with van der Waals surface area (Å²) in [7, 11) is 1.66. The average Bonchev–Trinajstić information content (AvgIpc) is 3.60. The maximum absolute atomic E-state index is 5.63. The molecule has 3 N–H and O–H groups in total. The number of benzene rings is 2. The summed E-state index contributed by atoms with van der Waals surface area (Å²) in [5.74, 6) is 2.28. The molecule has 4 heterocycles. The first-order valence-corrected chi connectivity index (χ1v) is 10.7. The van der Waals surface area contributed by atoms with Gasteiger partial charge in [-0.3, -0.25) is 0 Å². The van der Waals surface area contributed by atoms with Crippen LogP contribution in [-0.2, 0) is 5.41 Å². The zero-order chi connectivity index (χ0) is 22.4. The van der Waals surface area contributed by atoms with Crippen molar-refractivity contribution in [3.05, 3.63) is 78.8 Å². The van der Waals surface area contributed by atoms with Crippen LogP contribution in [0.1, 0.15) is 18.1 Å². The Bertz CT molecular complexity index is 1460.